The molecule has 0 aromatic rings. The first-order valence-electron chi connectivity index (χ1n) is 18.2. The van der Waals surface area contributed by atoms with Crippen molar-refractivity contribution < 1.29 is 13.6 Å². The van der Waals surface area contributed by atoms with E-state index < -0.39 is 16.6 Å². The third-order valence-electron chi connectivity index (χ3n) is 15.4. The zero-order valence-corrected chi connectivity index (χ0v) is 32.3. The SMILES string of the molecule is CC(C)(C)[Si](C)(C)O[C@H]1CC[C@@]2(C)[C@@H](CC[C@@H]3[C@@H]2CC[C@@]2(C)[C@H]3CC[C@@H]2[C@@](C)(O[Si](C)(C)C(C)(C)C)[C@@H]2CCCO2)C1. The second-order valence-electron chi connectivity index (χ2n) is 19.7. The molecule has 5 aliphatic rings. The number of rotatable bonds is 6. The van der Waals surface area contributed by atoms with Crippen molar-refractivity contribution >= 4 is 16.6 Å². The van der Waals surface area contributed by atoms with Crippen LogP contribution in [-0.4, -0.2) is 41.1 Å². The fraction of sp³-hybridized carbons (Fsp3) is 1.00. The second-order valence-corrected chi connectivity index (χ2v) is 29.1. The summed E-state index contributed by atoms with van der Waals surface area (Å²) in [6.45, 7) is 33.1. The summed E-state index contributed by atoms with van der Waals surface area (Å²) in [5.74, 6) is 4.10. The third kappa shape index (κ3) is 5.51. The van der Waals surface area contributed by atoms with Crippen LogP contribution in [0.4, 0.5) is 0 Å². The van der Waals surface area contributed by atoms with E-state index in [0.29, 0.717) is 27.9 Å². The highest BCUT2D eigenvalue weighted by molar-refractivity contribution is 6.74. The molecule has 1 saturated heterocycles. The monoisotopic (exact) mass is 618 g/mol. The van der Waals surface area contributed by atoms with Crippen LogP contribution in [0, 0.1) is 40.4 Å². The molecule has 4 aliphatic carbocycles. The maximum absolute atomic E-state index is 7.59. The van der Waals surface area contributed by atoms with Gasteiger partial charge < -0.3 is 13.6 Å². The Bertz CT molecular complexity index is 974. The van der Waals surface area contributed by atoms with Crippen LogP contribution in [0.25, 0.3) is 0 Å². The van der Waals surface area contributed by atoms with Crippen molar-refractivity contribution in [2.45, 2.75) is 187 Å². The van der Waals surface area contributed by atoms with Crippen LogP contribution in [0.5, 0.6) is 0 Å². The average Bonchev–Trinajstić information content (AvgIpc) is 3.51. The smallest absolute Gasteiger partial charge is 0.192 e. The van der Waals surface area contributed by atoms with E-state index in [1.54, 1.807) is 0 Å². The molecule has 3 nitrogen and oxygen atoms in total. The molecule has 42 heavy (non-hydrogen) atoms. The molecule has 4 saturated carbocycles. The van der Waals surface area contributed by atoms with Crippen molar-refractivity contribution in [2.24, 2.45) is 40.4 Å². The highest BCUT2D eigenvalue weighted by Crippen LogP contribution is 2.69. The van der Waals surface area contributed by atoms with E-state index in [2.05, 4.69) is 88.5 Å². The van der Waals surface area contributed by atoms with Gasteiger partial charge in [0.1, 0.15) is 0 Å². The summed E-state index contributed by atoms with van der Waals surface area (Å²) < 4.78 is 21.2. The third-order valence-corrected chi connectivity index (χ3v) is 24.5. The van der Waals surface area contributed by atoms with Crippen molar-refractivity contribution in [1.82, 2.24) is 0 Å². The molecule has 5 fully saturated rings. The predicted molar refractivity (Wildman–Crippen MR) is 183 cm³/mol. The van der Waals surface area contributed by atoms with Crippen LogP contribution in [0.3, 0.4) is 0 Å². The lowest BCUT2D eigenvalue weighted by Gasteiger charge is -2.62. The quantitative estimate of drug-likeness (QED) is 0.277. The molecule has 0 aromatic heterocycles. The van der Waals surface area contributed by atoms with E-state index in [1.165, 1.54) is 70.6 Å². The molecule has 0 radical (unpaired) electrons. The summed E-state index contributed by atoms with van der Waals surface area (Å²) in [6.07, 6.45) is 15.5. The Kier molecular flexibility index (Phi) is 8.78. The molecule has 5 heteroatoms. The van der Waals surface area contributed by atoms with Gasteiger partial charge in [-0.3, -0.25) is 0 Å². The minimum Gasteiger partial charge on any atom is -0.414 e. The van der Waals surface area contributed by atoms with Crippen LogP contribution in [0.2, 0.25) is 36.3 Å². The first kappa shape index (κ1) is 33.7. The Morgan fingerprint density at radius 1 is 0.690 bits per heavy atom. The van der Waals surface area contributed by atoms with Gasteiger partial charge in [0.2, 0.25) is 0 Å². The minimum absolute atomic E-state index is 0.171. The maximum Gasteiger partial charge on any atom is 0.192 e. The van der Waals surface area contributed by atoms with Crippen molar-refractivity contribution in [3.05, 3.63) is 0 Å². The second kappa shape index (κ2) is 10.9. The Morgan fingerprint density at radius 3 is 1.90 bits per heavy atom. The summed E-state index contributed by atoms with van der Waals surface area (Å²) in [7, 11) is -3.68. The fourth-order valence-corrected chi connectivity index (χ4v) is 14.0. The molecular formula is C37H70O3Si2. The van der Waals surface area contributed by atoms with Crippen LogP contribution in [-0.2, 0) is 13.6 Å². The van der Waals surface area contributed by atoms with Crippen molar-refractivity contribution in [3.63, 3.8) is 0 Å². The van der Waals surface area contributed by atoms with Crippen molar-refractivity contribution in [1.29, 1.82) is 0 Å². The largest absolute Gasteiger partial charge is 0.414 e. The molecule has 5 rings (SSSR count). The van der Waals surface area contributed by atoms with Gasteiger partial charge in [-0.1, -0.05) is 55.4 Å². The van der Waals surface area contributed by atoms with Crippen LogP contribution >= 0.6 is 0 Å². The zero-order chi connectivity index (χ0) is 31.1. The van der Waals surface area contributed by atoms with Crippen LogP contribution < -0.4 is 0 Å². The number of hydrogen-bond acceptors (Lipinski definition) is 3. The van der Waals surface area contributed by atoms with Crippen molar-refractivity contribution in [3.8, 4) is 0 Å². The highest BCUT2D eigenvalue weighted by Gasteiger charge is 2.65. The van der Waals surface area contributed by atoms with Gasteiger partial charge in [-0.05, 0) is 154 Å². The fourth-order valence-electron chi connectivity index (χ4n) is 11.0. The van der Waals surface area contributed by atoms with Crippen LogP contribution in [0.1, 0.15) is 133 Å². The summed E-state index contributed by atoms with van der Waals surface area (Å²) in [5, 5.41) is 0.508. The average molecular weight is 619 g/mol. The topological polar surface area (TPSA) is 27.7 Å². The van der Waals surface area contributed by atoms with Gasteiger partial charge in [0.25, 0.3) is 0 Å². The minimum atomic E-state index is -1.96. The van der Waals surface area contributed by atoms with Crippen LogP contribution in [0.15, 0.2) is 0 Å². The Balaban J connectivity index is 1.36. The van der Waals surface area contributed by atoms with Gasteiger partial charge in [0.15, 0.2) is 16.6 Å². The van der Waals surface area contributed by atoms with E-state index in [1.807, 2.05) is 0 Å². The lowest BCUT2D eigenvalue weighted by molar-refractivity contribution is -0.161. The molecule has 0 amide bonds. The first-order chi connectivity index (χ1) is 19.2. The Labute approximate surface area is 263 Å². The molecule has 1 heterocycles. The number of ether oxygens (including phenoxy) is 1. The summed E-state index contributed by atoms with van der Waals surface area (Å²) in [5.41, 5.74) is 0.706. The first-order valence-corrected chi connectivity index (χ1v) is 24.0. The van der Waals surface area contributed by atoms with E-state index in [-0.39, 0.29) is 16.7 Å². The Morgan fingerprint density at radius 2 is 1.31 bits per heavy atom. The van der Waals surface area contributed by atoms with E-state index >= 15 is 0 Å². The summed E-state index contributed by atoms with van der Waals surface area (Å²) >= 11 is 0. The number of fused-ring (bicyclic) bond motifs is 5. The van der Waals surface area contributed by atoms with E-state index in [9.17, 15) is 0 Å². The predicted octanol–water partition coefficient (Wildman–Crippen LogP) is 11.0. The standard InChI is InChI=1S/C37H70O3Si2/c1-33(2,3)41(10,11)39-27-20-22-35(7)26(25-27)16-17-28-29-18-19-31(36(29,8)23-21-30(28)35)37(9,32-15-14-24-38-32)40-42(12,13)34(4,5)6/h26-32H,14-25H2,1-13H3/t26-,27-,28-,29-,30-,31-,32-,35-,36-,37+/m0/s1. The summed E-state index contributed by atoms with van der Waals surface area (Å²) in [6, 6.07) is 0. The van der Waals surface area contributed by atoms with E-state index in [0.717, 1.165) is 30.3 Å². The van der Waals surface area contributed by atoms with Gasteiger partial charge in [-0.2, -0.15) is 0 Å². The lowest BCUT2D eigenvalue weighted by atomic mass is 9.44. The molecule has 10 atom stereocenters. The molecule has 0 aromatic carbocycles. The van der Waals surface area contributed by atoms with Crippen molar-refractivity contribution in [2.75, 3.05) is 6.61 Å². The maximum atomic E-state index is 7.59. The Hall–Kier alpha value is 0.314. The van der Waals surface area contributed by atoms with E-state index in [4.69, 9.17) is 13.6 Å². The van der Waals surface area contributed by atoms with Gasteiger partial charge in [0.05, 0.1) is 11.7 Å². The molecule has 0 spiro atoms. The molecular weight excluding hydrogens is 549 g/mol. The normalized spacial score (nSPS) is 42.9. The molecule has 0 bridgehead atoms. The molecule has 244 valence electrons. The number of hydrogen-bond donors (Lipinski definition) is 0. The highest BCUT2D eigenvalue weighted by atomic mass is 28.4. The van der Waals surface area contributed by atoms with Gasteiger partial charge in [0, 0.05) is 12.7 Å². The van der Waals surface area contributed by atoms with Gasteiger partial charge >= 0.3 is 0 Å². The molecule has 0 unspecified atom stereocenters. The lowest BCUT2D eigenvalue weighted by Crippen LogP contribution is -2.61. The zero-order valence-electron chi connectivity index (χ0n) is 30.3. The summed E-state index contributed by atoms with van der Waals surface area (Å²) in [4.78, 5) is 0. The van der Waals surface area contributed by atoms with Gasteiger partial charge in [-0.25, -0.2) is 0 Å². The van der Waals surface area contributed by atoms with Gasteiger partial charge in [-0.15, -0.1) is 0 Å². The molecule has 0 N–H and O–H groups in total. The molecule has 1 aliphatic heterocycles.